The number of alkyl halides is 3. The summed E-state index contributed by atoms with van der Waals surface area (Å²) in [6.07, 6.45) is -2.77. The van der Waals surface area contributed by atoms with Gasteiger partial charge in [-0.25, -0.2) is 0 Å². The van der Waals surface area contributed by atoms with Crippen molar-refractivity contribution in [2.24, 2.45) is 11.8 Å². The van der Waals surface area contributed by atoms with E-state index in [0.29, 0.717) is 45.3 Å². The molecule has 1 aromatic heterocycles. The normalized spacial score (nSPS) is 16.6. The number of benzene rings is 3. The number of nitrogens with zero attached hydrogens (tertiary/aromatic N) is 1. The molecule has 4 aromatic rings. The van der Waals surface area contributed by atoms with E-state index in [9.17, 15) is 22.8 Å². The quantitative estimate of drug-likeness (QED) is 0.179. The van der Waals surface area contributed by atoms with Crippen LogP contribution in [0.2, 0.25) is 5.02 Å². The molecule has 232 valence electrons. The predicted molar refractivity (Wildman–Crippen MR) is 156 cm³/mol. The summed E-state index contributed by atoms with van der Waals surface area (Å²) in [5, 5.41) is 4.11. The molecule has 9 nitrogen and oxygen atoms in total. The van der Waals surface area contributed by atoms with Gasteiger partial charge in [0.15, 0.2) is 0 Å². The van der Waals surface area contributed by atoms with Crippen LogP contribution in [0.1, 0.15) is 22.8 Å². The van der Waals surface area contributed by atoms with Crippen molar-refractivity contribution in [1.29, 1.82) is 0 Å². The Kier molecular flexibility index (Phi) is 8.82. The Labute approximate surface area is 255 Å². The molecular weight excluding hydrogens is 605 g/mol. The van der Waals surface area contributed by atoms with E-state index in [0.717, 1.165) is 6.07 Å². The zero-order valence-electron chi connectivity index (χ0n) is 23.8. The van der Waals surface area contributed by atoms with Gasteiger partial charge in [-0.2, -0.15) is 0 Å². The van der Waals surface area contributed by atoms with Crippen molar-refractivity contribution in [3.8, 4) is 23.0 Å². The molecule has 0 saturated heterocycles. The molecule has 0 amide bonds. The van der Waals surface area contributed by atoms with Crippen molar-refractivity contribution < 1.29 is 46.4 Å². The highest BCUT2D eigenvalue weighted by atomic mass is 35.5. The molecule has 1 N–H and O–H groups in total. The lowest BCUT2D eigenvalue weighted by Gasteiger charge is -2.23. The second-order valence-electron chi connectivity index (χ2n) is 10.1. The number of nitrogens with one attached hydrogen (secondary N) is 1. The number of esters is 1. The highest BCUT2D eigenvalue weighted by Gasteiger charge is 2.44. The van der Waals surface area contributed by atoms with Crippen molar-refractivity contribution in [3.05, 3.63) is 77.4 Å². The van der Waals surface area contributed by atoms with Gasteiger partial charge in [0.2, 0.25) is 0 Å². The Morgan fingerprint density at radius 1 is 0.977 bits per heavy atom. The first-order valence-corrected chi connectivity index (χ1v) is 13.8. The molecule has 0 radical (unpaired) electrons. The summed E-state index contributed by atoms with van der Waals surface area (Å²) in [7, 11) is 4.26. The molecular formula is C31H28ClF3N2O7. The molecule has 13 heteroatoms. The molecule has 1 saturated carbocycles. The summed E-state index contributed by atoms with van der Waals surface area (Å²) < 4.78 is 65.9. The Morgan fingerprint density at radius 3 is 2.45 bits per heavy atom. The molecule has 0 aliphatic heterocycles. The van der Waals surface area contributed by atoms with Crippen LogP contribution in [0.25, 0.3) is 10.9 Å². The Balaban J connectivity index is 1.50. The average molecular weight is 633 g/mol. The fraction of sp³-hybridized carbons (Fsp3) is 0.290. The summed E-state index contributed by atoms with van der Waals surface area (Å²) >= 11 is 6.19. The number of carbonyl (C=O) groups excluding carboxylic acids is 2. The summed E-state index contributed by atoms with van der Waals surface area (Å²) in [4.78, 5) is 26.0. The molecule has 3 aromatic carbocycles. The maximum atomic E-state index is 14.2. The number of hydrogen-bond donors (Lipinski definition) is 1. The van der Waals surface area contributed by atoms with Gasteiger partial charge >= 0.3 is 12.3 Å². The van der Waals surface area contributed by atoms with Crippen LogP contribution in [0, 0.1) is 11.8 Å². The summed E-state index contributed by atoms with van der Waals surface area (Å²) in [5.74, 6) is -0.300. The van der Waals surface area contributed by atoms with Crippen LogP contribution in [-0.2, 0) is 9.53 Å². The zero-order chi connectivity index (χ0) is 31.6. The van der Waals surface area contributed by atoms with E-state index in [1.54, 1.807) is 42.5 Å². The molecule has 1 aliphatic carbocycles. The number of fused-ring (bicyclic) bond motifs is 1. The van der Waals surface area contributed by atoms with Crippen LogP contribution in [-0.4, -0.2) is 50.7 Å². The first-order valence-electron chi connectivity index (χ1n) is 13.4. The smallest absolute Gasteiger partial charge is 0.497 e. The number of hydrogen-bond acceptors (Lipinski definition) is 8. The third-order valence-corrected chi connectivity index (χ3v) is 7.44. The Bertz CT molecular complexity index is 1690. The van der Waals surface area contributed by atoms with Gasteiger partial charge in [-0.1, -0.05) is 17.7 Å². The third-order valence-electron chi connectivity index (χ3n) is 7.21. The van der Waals surface area contributed by atoms with Crippen LogP contribution in [0.15, 0.2) is 66.9 Å². The first-order chi connectivity index (χ1) is 21.0. The van der Waals surface area contributed by atoms with E-state index >= 15 is 0 Å². The minimum Gasteiger partial charge on any atom is -0.497 e. The second-order valence-corrected chi connectivity index (χ2v) is 10.5. The standard InChI is InChI=1S/C31H28ClF3N2O7/c1-40-22-12-20(13-23(14-22)43-16-18-10-25(18)30(39)42-3)36-28(24-7-5-19(32)11-27(24)41-2)29(38)37-9-8-17-4-6-21(15-26(17)37)44-31(33,34)35/h4-9,11-15,18,25,28,36H,10,16H2,1-3H3/t18-,25+,28?/m0/s1. The Hall–Kier alpha value is -4.58. The monoisotopic (exact) mass is 632 g/mol. The van der Waals surface area contributed by atoms with Crippen LogP contribution in [0.4, 0.5) is 18.9 Å². The maximum absolute atomic E-state index is 14.2. The molecule has 0 spiro atoms. The molecule has 1 aliphatic rings. The Morgan fingerprint density at radius 2 is 1.75 bits per heavy atom. The van der Waals surface area contributed by atoms with Gasteiger partial charge in [0.1, 0.15) is 29.0 Å². The van der Waals surface area contributed by atoms with E-state index in [1.165, 1.54) is 44.2 Å². The second kappa shape index (κ2) is 12.6. The number of methoxy groups -OCH3 is 3. The van der Waals surface area contributed by atoms with Gasteiger partial charge in [-0.05, 0) is 36.8 Å². The summed E-state index contributed by atoms with van der Waals surface area (Å²) in [6, 6.07) is 14.0. The lowest BCUT2D eigenvalue weighted by molar-refractivity contribution is -0.274. The largest absolute Gasteiger partial charge is 0.573 e. The lowest BCUT2D eigenvalue weighted by atomic mass is 10.0. The molecule has 3 atom stereocenters. The molecule has 1 fully saturated rings. The predicted octanol–water partition coefficient (Wildman–Crippen LogP) is 6.89. The number of ether oxygens (including phenoxy) is 5. The van der Waals surface area contributed by atoms with Crippen LogP contribution >= 0.6 is 11.6 Å². The van der Waals surface area contributed by atoms with E-state index in [4.69, 9.17) is 30.5 Å². The SMILES string of the molecule is COC(=O)[C@@H]1C[C@H]1COc1cc(NC(C(=O)n2ccc3ccc(OC(F)(F)F)cc32)c2ccc(Cl)cc2OC)cc(OC)c1. The zero-order valence-corrected chi connectivity index (χ0v) is 24.6. The van der Waals surface area contributed by atoms with E-state index in [-0.39, 0.29) is 29.9 Å². The van der Waals surface area contributed by atoms with E-state index in [1.807, 2.05) is 0 Å². The summed E-state index contributed by atoms with van der Waals surface area (Å²) in [6.45, 7) is 0.275. The third kappa shape index (κ3) is 6.96. The van der Waals surface area contributed by atoms with Gasteiger partial charge in [-0.15, -0.1) is 13.2 Å². The molecule has 1 heterocycles. The van der Waals surface area contributed by atoms with Crippen LogP contribution < -0.4 is 24.3 Å². The maximum Gasteiger partial charge on any atom is 0.573 e. The van der Waals surface area contributed by atoms with Crippen molar-refractivity contribution in [1.82, 2.24) is 4.57 Å². The van der Waals surface area contributed by atoms with Crippen molar-refractivity contribution in [2.45, 2.75) is 18.8 Å². The molecule has 1 unspecified atom stereocenters. The number of aromatic nitrogens is 1. The minimum atomic E-state index is -4.90. The van der Waals surface area contributed by atoms with E-state index < -0.39 is 24.1 Å². The number of halogens is 4. The van der Waals surface area contributed by atoms with Crippen molar-refractivity contribution in [2.75, 3.05) is 33.3 Å². The fourth-order valence-corrected chi connectivity index (χ4v) is 5.09. The number of anilines is 1. The fourth-order valence-electron chi connectivity index (χ4n) is 4.93. The van der Waals surface area contributed by atoms with Gasteiger partial charge in [0.05, 0.1) is 39.4 Å². The summed E-state index contributed by atoms with van der Waals surface area (Å²) in [5.41, 5.74) is 1.05. The van der Waals surface area contributed by atoms with Crippen molar-refractivity contribution in [3.63, 3.8) is 0 Å². The van der Waals surface area contributed by atoms with Gasteiger partial charge in [0.25, 0.3) is 5.91 Å². The average Bonchev–Trinajstić information content (AvgIpc) is 3.66. The molecule has 0 bridgehead atoms. The first kappa shape index (κ1) is 30.9. The van der Waals surface area contributed by atoms with E-state index in [2.05, 4.69) is 10.1 Å². The van der Waals surface area contributed by atoms with Crippen LogP contribution in [0.3, 0.4) is 0 Å². The highest BCUT2D eigenvalue weighted by Crippen LogP contribution is 2.40. The minimum absolute atomic E-state index is 0.0194. The van der Waals surface area contributed by atoms with Gasteiger partial charge in [-0.3, -0.25) is 14.2 Å². The van der Waals surface area contributed by atoms with Gasteiger partial charge in [0, 0.05) is 58.0 Å². The number of carbonyl (C=O) groups is 2. The van der Waals surface area contributed by atoms with Crippen LogP contribution in [0.5, 0.6) is 23.0 Å². The van der Waals surface area contributed by atoms with Crippen molar-refractivity contribution >= 4 is 40.1 Å². The van der Waals surface area contributed by atoms with Gasteiger partial charge < -0.3 is 29.0 Å². The molecule has 5 rings (SSSR count). The topological polar surface area (TPSA) is 97.3 Å². The molecule has 44 heavy (non-hydrogen) atoms. The highest BCUT2D eigenvalue weighted by molar-refractivity contribution is 6.30. The number of rotatable bonds is 11. The lowest BCUT2D eigenvalue weighted by Crippen LogP contribution is -2.26.